The van der Waals surface area contributed by atoms with E-state index in [1.807, 2.05) is 0 Å². The molecule has 1 unspecified atom stereocenters. The van der Waals surface area contributed by atoms with E-state index in [1.54, 1.807) is 31.2 Å². The van der Waals surface area contributed by atoms with Gasteiger partial charge in [0.2, 0.25) is 0 Å². The van der Waals surface area contributed by atoms with Gasteiger partial charge in [-0.1, -0.05) is 12.1 Å². The average molecular weight is 263 g/mol. The lowest BCUT2D eigenvalue weighted by Gasteiger charge is -2.19. The van der Waals surface area contributed by atoms with Gasteiger partial charge in [-0.05, 0) is 24.6 Å². The lowest BCUT2D eigenvalue weighted by Crippen LogP contribution is -2.39. The van der Waals surface area contributed by atoms with Gasteiger partial charge in [0.15, 0.2) is 6.10 Å². The molecule has 6 heteroatoms. The van der Waals surface area contributed by atoms with Gasteiger partial charge in [0.05, 0.1) is 7.11 Å². The molecule has 0 aliphatic carbocycles. The summed E-state index contributed by atoms with van der Waals surface area (Å²) in [6.45, 7) is 1.20. The summed E-state index contributed by atoms with van der Waals surface area (Å²) < 4.78 is 41.3. The van der Waals surface area contributed by atoms with Crippen molar-refractivity contribution in [2.24, 2.45) is 0 Å². The van der Waals surface area contributed by atoms with Crippen LogP contribution in [0.5, 0.6) is 5.75 Å². The summed E-state index contributed by atoms with van der Waals surface area (Å²) in [7, 11) is 1.54. The molecule has 0 saturated carbocycles. The van der Waals surface area contributed by atoms with E-state index >= 15 is 0 Å². The minimum absolute atomic E-state index is 0.284. The van der Waals surface area contributed by atoms with Crippen molar-refractivity contribution in [1.29, 1.82) is 0 Å². The highest BCUT2D eigenvalue weighted by Crippen LogP contribution is 2.21. The number of alkyl halides is 3. The topological polar surface area (TPSA) is 41.5 Å². The Bertz CT molecular complexity index is 365. The summed E-state index contributed by atoms with van der Waals surface area (Å²) in [4.78, 5) is 0. The number of nitrogens with one attached hydrogen (secondary N) is 1. The first-order chi connectivity index (χ1) is 8.34. The van der Waals surface area contributed by atoms with Gasteiger partial charge >= 0.3 is 6.18 Å². The molecule has 2 atom stereocenters. The number of benzene rings is 1. The van der Waals surface area contributed by atoms with E-state index < -0.39 is 18.8 Å². The Balaban J connectivity index is 2.52. The quantitative estimate of drug-likeness (QED) is 0.856. The van der Waals surface area contributed by atoms with E-state index in [-0.39, 0.29) is 6.04 Å². The van der Waals surface area contributed by atoms with Gasteiger partial charge < -0.3 is 15.2 Å². The van der Waals surface area contributed by atoms with E-state index in [0.29, 0.717) is 5.75 Å². The SMILES string of the molecule is COc1ccc([C@@H](C)NCC(O)C(F)(F)F)cc1. The molecular weight excluding hydrogens is 247 g/mol. The van der Waals surface area contributed by atoms with Gasteiger partial charge in [-0.15, -0.1) is 0 Å². The molecule has 0 radical (unpaired) electrons. The molecule has 0 bridgehead atoms. The van der Waals surface area contributed by atoms with Crippen molar-refractivity contribution in [3.63, 3.8) is 0 Å². The summed E-state index contributed by atoms with van der Waals surface area (Å²) in [5, 5.41) is 11.5. The van der Waals surface area contributed by atoms with Crippen molar-refractivity contribution >= 4 is 0 Å². The van der Waals surface area contributed by atoms with E-state index in [9.17, 15) is 13.2 Å². The maximum Gasteiger partial charge on any atom is 0.415 e. The van der Waals surface area contributed by atoms with E-state index in [0.717, 1.165) is 5.56 Å². The number of aliphatic hydroxyl groups excluding tert-OH is 1. The minimum atomic E-state index is -4.59. The van der Waals surface area contributed by atoms with Gasteiger partial charge in [0.25, 0.3) is 0 Å². The summed E-state index contributed by atoms with van der Waals surface area (Å²) in [6, 6.07) is 6.70. The average Bonchev–Trinajstić information content (AvgIpc) is 2.34. The number of rotatable bonds is 5. The summed E-state index contributed by atoms with van der Waals surface area (Å²) in [6.07, 6.45) is -6.94. The predicted molar refractivity (Wildman–Crippen MR) is 61.5 cm³/mol. The molecular formula is C12H16F3NO2. The monoisotopic (exact) mass is 263 g/mol. The number of methoxy groups -OCH3 is 1. The second-order valence-corrected chi connectivity index (χ2v) is 3.96. The van der Waals surface area contributed by atoms with Gasteiger partial charge in [0.1, 0.15) is 5.75 Å². The van der Waals surface area contributed by atoms with Crippen molar-refractivity contribution in [2.45, 2.75) is 25.2 Å². The third-order valence-electron chi connectivity index (χ3n) is 2.61. The van der Waals surface area contributed by atoms with Crippen LogP contribution in [-0.2, 0) is 0 Å². The highest BCUT2D eigenvalue weighted by Gasteiger charge is 2.37. The van der Waals surface area contributed by atoms with Crippen molar-refractivity contribution in [3.05, 3.63) is 29.8 Å². The number of halogens is 3. The van der Waals surface area contributed by atoms with Crippen LogP contribution in [0.3, 0.4) is 0 Å². The molecule has 0 aromatic heterocycles. The van der Waals surface area contributed by atoms with Crippen LogP contribution in [0.4, 0.5) is 13.2 Å². The number of ether oxygens (including phenoxy) is 1. The first-order valence-electron chi connectivity index (χ1n) is 5.46. The van der Waals surface area contributed by atoms with E-state index in [1.165, 1.54) is 7.11 Å². The number of hydrogen-bond acceptors (Lipinski definition) is 3. The zero-order valence-electron chi connectivity index (χ0n) is 10.2. The summed E-state index contributed by atoms with van der Waals surface area (Å²) in [5.74, 6) is 0.682. The molecule has 2 N–H and O–H groups in total. The molecule has 1 aromatic rings. The van der Waals surface area contributed by atoms with Gasteiger partial charge in [-0.25, -0.2) is 0 Å². The Morgan fingerprint density at radius 1 is 1.28 bits per heavy atom. The lowest BCUT2D eigenvalue weighted by atomic mass is 10.1. The molecule has 0 heterocycles. The Hall–Kier alpha value is -1.27. The fraction of sp³-hybridized carbons (Fsp3) is 0.500. The number of aliphatic hydroxyl groups is 1. The molecule has 0 saturated heterocycles. The van der Waals surface area contributed by atoms with Crippen LogP contribution in [0.25, 0.3) is 0 Å². The standard InChI is InChI=1S/C12H16F3NO2/c1-8(16-7-11(17)12(13,14)15)9-3-5-10(18-2)6-4-9/h3-6,8,11,16-17H,7H2,1-2H3/t8-,11?/m1/s1. The van der Waals surface area contributed by atoms with Gasteiger partial charge in [-0.2, -0.15) is 13.2 Å². The van der Waals surface area contributed by atoms with E-state index in [2.05, 4.69) is 5.32 Å². The molecule has 1 aromatic carbocycles. The van der Waals surface area contributed by atoms with Crippen molar-refractivity contribution in [3.8, 4) is 5.75 Å². The van der Waals surface area contributed by atoms with Crippen LogP contribution in [0.1, 0.15) is 18.5 Å². The second kappa shape index (κ2) is 6.06. The van der Waals surface area contributed by atoms with Crippen molar-refractivity contribution < 1.29 is 23.0 Å². The normalized spacial score (nSPS) is 15.2. The molecule has 1 rings (SSSR count). The Morgan fingerprint density at radius 3 is 2.28 bits per heavy atom. The predicted octanol–water partition coefficient (Wildman–Crippen LogP) is 2.27. The zero-order valence-corrected chi connectivity index (χ0v) is 10.2. The molecule has 102 valence electrons. The maximum absolute atomic E-state index is 12.1. The first kappa shape index (κ1) is 14.8. The third kappa shape index (κ3) is 4.19. The summed E-state index contributed by atoms with van der Waals surface area (Å²) in [5.41, 5.74) is 0.824. The van der Waals surface area contributed by atoms with Crippen LogP contribution < -0.4 is 10.1 Å². The first-order valence-corrected chi connectivity index (χ1v) is 5.46. The molecule has 0 spiro atoms. The van der Waals surface area contributed by atoms with Crippen molar-refractivity contribution in [2.75, 3.05) is 13.7 Å². The molecule has 18 heavy (non-hydrogen) atoms. The third-order valence-corrected chi connectivity index (χ3v) is 2.61. The highest BCUT2D eigenvalue weighted by molar-refractivity contribution is 5.28. The molecule has 3 nitrogen and oxygen atoms in total. The van der Waals surface area contributed by atoms with Crippen LogP contribution in [0.2, 0.25) is 0 Å². The van der Waals surface area contributed by atoms with Crippen LogP contribution in [0.15, 0.2) is 24.3 Å². The second-order valence-electron chi connectivity index (χ2n) is 3.96. The highest BCUT2D eigenvalue weighted by atomic mass is 19.4. The van der Waals surface area contributed by atoms with Crippen LogP contribution in [-0.4, -0.2) is 31.0 Å². The fourth-order valence-electron chi connectivity index (χ4n) is 1.41. The largest absolute Gasteiger partial charge is 0.497 e. The zero-order chi connectivity index (χ0) is 13.8. The van der Waals surface area contributed by atoms with Crippen molar-refractivity contribution in [1.82, 2.24) is 5.32 Å². The Morgan fingerprint density at radius 2 is 1.83 bits per heavy atom. The minimum Gasteiger partial charge on any atom is -0.497 e. The molecule has 0 amide bonds. The summed E-state index contributed by atoms with van der Waals surface area (Å²) >= 11 is 0. The molecule has 0 aliphatic rings. The molecule has 0 fully saturated rings. The smallest absolute Gasteiger partial charge is 0.415 e. The number of hydrogen-bond donors (Lipinski definition) is 2. The van der Waals surface area contributed by atoms with Crippen LogP contribution >= 0.6 is 0 Å². The maximum atomic E-state index is 12.1. The van der Waals surface area contributed by atoms with E-state index in [4.69, 9.17) is 9.84 Å². The Labute approximate surface area is 104 Å². The lowest BCUT2D eigenvalue weighted by molar-refractivity contribution is -0.202. The molecule has 0 aliphatic heterocycles. The van der Waals surface area contributed by atoms with Gasteiger partial charge in [0, 0.05) is 12.6 Å². The van der Waals surface area contributed by atoms with Gasteiger partial charge in [-0.3, -0.25) is 0 Å². The Kier molecular flexibility index (Phi) is 4.98. The van der Waals surface area contributed by atoms with Crippen LogP contribution in [0, 0.1) is 0 Å². The fourth-order valence-corrected chi connectivity index (χ4v) is 1.41.